The molecule has 0 atom stereocenters. The molecule has 0 bridgehead atoms. The van der Waals surface area contributed by atoms with E-state index in [-0.39, 0.29) is 23.2 Å². The van der Waals surface area contributed by atoms with Gasteiger partial charge in [-0.1, -0.05) is 29.4 Å². The number of hydrogen-bond acceptors (Lipinski definition) is 7. The number of aromatic nitrogens is 2. The molecule has 0 radical (unpaired) electrons. The van der Waals surface area contributed by atoms with E-state index >= 15 is 0 Å². The lowest BCUT2D eigenvalue weighted by atomic mass is 10.1. The maximum atomic E-state index is 12.1. The number of nitrogens with one attached hydrogen (secondary N) is 1. The molecule has 28 heavy (non-hydrogen) atoms. The third-order valence-corrected chi connectivity index (χ3v) is 5.05. The van der Waals surface area contributed by atoms with Gasteiger partial charge in [-0.25, -0.2) is 8.42 Å². The van der Waals surface area contributed by atoms with Gasteiger partial charge in [0.2, 0.25) is 11.8 Å². The highest BCUT2D eigenvalue weighted by Gasteiger charge is 2.12. The van der Waals surface area contributed by atoms with Gasteiger partial charge in [0.25, 0.3) is 0 Å². The summed E-state index contributed by atoms with van der Waals surface area (Å²) in [7, 11) is -1.68. The number of nitrogens with zero attached hydrogens (tertiary/aromatic N) is 2. The van der Waals surface area contributed by atoms with Gasteiger partial charge >= 0.3 is 6.01 Å². The summed E-state index contributed by atoms with van der Waals surface area (Å²) in [4.78, 5) is 12.4. The number of hydrogen-bond donors (Lipinski definition) is 1. The van der Waals surface area contributed by atoms with Gasteiger partial charge < -0.3 is 9.15 Å². The Hall–Kier alpha value is -3.20. The number of carbonyl (C=O) groups is 1. The third-order valence-electron chi connectivity index (χ3n) is 3.92. The summed E-state index contributed by atoms with van der Waals surface area (Å²) in [6, 6.07) is 13.6. The molecule has 1 amide bonds. The molecule has 0 saturated heterocycles. The van der Waals surface area contributed by atoms with E-state index in [9.17, 15) is 13.2 Å². The van der Waals surface area contributed by atoms with Crippen LogP contribution < -0.4 is 10.1 Å². The van der Waals surface area contributed by atoms with Crippen molar-refractivity contribution in [2.24, 2.45) is 0 Å². The van der Waals surface area contributed by atoms with Crippen molar-refractivity contribution in [3.63, 3.8) is 0 Å². The molecule has 0 fully saturated rings. The quantitative estimate of drug-likeness (QED) is 0.646. The molecule has 0 saturated carbocycles. The van der Waals surface area contributed by atoms with E-state index in [2.05, 4.69) is 15.5 Å². The van der Waals surface area contributed by atoms with Crippen molar-refractivity contribution in [3.8, 4) is 5.75 Å². The largest absolute Gasteiger partial charge is 0.497 e. The highest BCUT2D eigenvalue weighted by molar-refractivity contribution is 7.90. The van der Waals surface area contributed by atoms with Gasteiger partial charge in [-0.15, -0.1) is 5.10 Å². The predicted octanol–water partition coefficient (Wildman–Crippen LogP) is 2.25. The summed E-state index contributed by atoms with van der Waals surface area (Å²) in [5.41, 5.74) is 1.60. The lowest BCUT2D eigenvalue weighted by Crippen LogP contribution is -2.14. The Morgan fingerprint density at radius 2 is 1.86 bits per heavy atom. The van der Waals surface area contributed by atoms with E-state index in [0.29, 0.717) is 18.1 Å². The molecule has 0 aliphatic carbocycles. The first-order valence-electron chi connectivity index (χ1n) is 8.37. The summed E-state index contributed by atoms with van der Waals surface area (Å²) in [5, 5.41) is 10.3. The average Bonchev–Trinajstić information content (AvgIpc) is 3.08. The lowest BCUT2D eigenvalue weighted by Gasteiger charge is -2.04. The fourth-order valence-corrected chi connectivity index (χ4v) is 3.17. The molecule has 0 aliphatic heterocycles. The molecule has 146 valence electrons. The highest BCUT2D eigenvalue weighted by Crippen LogP contribution is 2.16. The van der Waals surface area contributed by atoms with E-state index in [1.54, 1.807) is 37.4 Å². The number of methoxy groups -OCH3 is 1. The Kier molecular flexibility index (Phi) is 5.74. The minimum absolute atomic E-state index is 0.00986. The molecule has 9 heteroatoms. The van der Waals surface area contributed by atoms with Gasteiger partial charge in [-0.3, -0.25) is 10.1 Å². The lowest BCUT2D eigenvalue weighted by molar-refractivity contribution is -0.115. The van der Waals surface area contributed by atoms with Crippen molar-refractivity contribution in [3.05, 3.63) is 65.5 Å². The first-order valence-corrected chi connectivity index (χ1v) is 10.3. The zero-order valence-corrected chi connectivity index (χ0v) is 16.2. The van der Waals surface area contributed by atoms with E-state index in [1.807, 2.05) is 6.07 Å². The van der Waals surface area contributed by atoms with Gasteiger partial charge in [0, 0.05) is 6.26 Å². The van der Waals surface area contributed by atoms with Crippen LogP contribution in [0.2, 0.25) is 0 Å². The molecule has 0 unspecified atom stereocenters. The van der Waals surface area contributed by atoms with E-state index in [0.717, 1.165) is 17.4 Å². The molecule has 0 aliphatic rings. The van der Waals surface area contributed by atoms with Crippen molar-refractivity contribution < 1.29 is 22.4 Å². The molecule has 8 nitrogen and oxygen atoms in total. The first-order chi connectivity index (χ1) is 13.3. The van der Waals surface area contributed by atoms with E-state index < -0.39 is 9.84 Å². The van der Waals surface area contributed by atoms with Crippen LogP contribution in [0.4, 0.5) is 6.01 Å². The predicted molar refractivity (Wildman–Crippen MR) is 102 cm³/mol. The smallest absolute Gasteiger partial charge is 0.322 e. The van der Waals surface area contributed by atoms with Crippen LogP contribution in [0.3, 0.4) is 0 Å². The normalized spacial score (nSPS) is 11.2. The van der Waals surface area contributed by atoms with E-state index in [4.69, 9.17) is 9.15 Å². The molecule has 0 spiro atoms. The second-order valence-electron chi connectivity index (χ2n) is 6.17. The number of rotatable bonds is 7. The Bertz CT molecular complexity index is 1070. The van der Waals surface area contributed by atoms with Gasteiger partial charge in [0.15, 0.2) is 9.84 Å². The minimum Gasteiger partial charge on any atom is -0.497 e. The second kappa shape index (κ2) is 8.22. The van der Waals surface area contributed by atoms with Crippen molar-refractivity contribution >= 4 is 21.8 Å². The molecule has 3 aromatic rings. The SMILES string of the molecule is COc1cccc(CC(=O)Nc2nnc(Cc3ccc(S(C)(=O)=O)cc3)o2)c1. The standard InChI is InChI=1S/C19H19N3O5S/c1-26-15-5-3-4-14(10-15)11-17(23)20-19-22-21-18(27-19)12-13-6-8-16(9-7-13)28(2,24)25/h3-10H,11-12H2,1-2H3,(H,20,22,23). The van der Waals surface area contributed by atoms with Crippen LogP contribution in [0.5, 0.6) is 5.75 Å². The van der Waals surface area contributed by atoms with Gasteiger partial charge in [-0.2, -0.15) is 0 Å². The summed E-state index contributed by atoms with van der Waals surface area (Å²) in [6.45, 7) is 0. The maximum Gasteiger partial charge on any atom is 0.322 e. The van der Waals surface area contributed by atoms with Crippen molar-refractivity contribution in [1.29, 1.82) is 0 Å². The van der Waals surface area contributed by atoms with Crippen molar-refractivity contribution in [2.45, 2.75) is 17.7 Å². The molecular formula is C19H19N3O5S. The number of benzene rings is 2. The molecular weight excluding hydrogens is 382 g/mol. The Labute approximate surface area is 162 Å². The average molecular weight is 401 g/mol. The fourth-order valence-electron chi connectivity index (χ4n) is 2.54. The Morgan fingerprint density at radius 3 is 2.54 bits per heavy atom. The van der Waals surface area contributed by atoms with Crippen molar-refractivity contribution in [2.75, 3.05) is 18.7 Å². The number of anilines is 1. The number of amides is 1. The minimum atomic E-state index is -3.24. The zero-order chi connectivity index (χ0) is 20.1. The van der Waals surface area contributed by atoms with Crippen molar-refractivity contribution in [1.82, 2.24) is 10.2 Å². The highest BCUT2D eigenvalue weighted by atomic mass is 32.2. The summed E-state index contributed by atoms with van der Waals surface area (Å²) in [5.74, 6) is 0.692. The zero-order valence-electron chi connectivity index (χ0n) is 15.4. The number of sulfone groups is 1. The third kappa shape index (κ3) is 5.17. The molecule has 1 N–H and O–H groups in total. The maximum absolute atomic E-state index is 12.1. The van der Waals surface area contributed by atoms with E-state index in [1.165, 1.54) is 12.1 Å². The summed E-state index contributed by atoms with van der Waals surface area (Å²) in [6.07, 6.45) is 1.62. The molecule has 2 aromatic carbocycles. The van der Waals surface area contributed by atoms with Crippen LogP contribution >= 0.6 is 0 Å². The van der Waals surface area contributed by atoms with Crippen LogP contribution in [-0.2, 0) is 27.5 Å². The first kappa shape index (κ1) is 19.6. The fraction of sp³-hybridized carbons (Fsp3) is 0.211. The molecule has 1 heterocycles. The summed E-state index contributed by atoms with van der Waals surface area (Å²) >= 11 is 0. The Morgan fingerprint density at radius 1 is 1.11 bits per heavy atom. The number of carbonyl (C=O) groups excluding carboxylic acids is 1. The van der Waals surface area contributed by atoms with Crippen LogP contribution in [0.1, 0.15) is 17.0 Å². The Balaban J connectivity index is 1.60. The topological polar surface area (TPSA) is 111 Å². The second-order valence-corrected chi connectivity index (χ2v) is 8.19. The van der Waals surface area contributed by atoms with Crippen LogP contribution in [0.25, 0.3) is 0 Å². The van der Waals surface area contributed by atoms with Crippen LogP contribution in [0.15, 0.2) is 57.8 Å². The monoisotopic (exact) mass is 401 g/mol. The van der Waals surface area contributed by atoms with Gasteiger partial charge in [0.1, 0.15) is 5.75 Å². The van der Waals surface area contributed by atoms with Crippen LogP contribution in [-0.4, -0.2) is 37.9 Å². The summed E-state index contributed by atoms with van der Waals surface area (Å²) < 4.78 is 33.6. The molecule has 3 rings (SSSR count). The molecule has 1 aromatic heterocycles. The van der Waals surface area contributed by atoms with Gasteiger partial charge in [-0.05, 0) is 35.4 Å². The van der Waals surface area contributed by atoms with Gasteiger partial charge in [0.05, 0.1) is 24.8 Å². The number of ether oxygens (including phenoxy) is 1. The van der Waals surface area contributed by atoms with Crippen LogP contribution in [0, 0.1) is 0 Å².